The summed E-state index contributed by atoms with van der Waals surface area (Å²) >= 11 is 0. The van der Waals surface area contributed by atoms with E-state index in [9.17, 15) is 9.59 Å². The summed E-state index contributed by atoms with van der Waals surface area (Å²) in [5.41, 5.74) is 0.948. The summed E-state index contributed by atoms with van der Waals surface area (Å²) in [5, 5.41) is 8.88. The number of carboxylic acid groups (broad SMARTS) is 1. The number of benzene rings is 1. The van der Waals surface area contributed by atoms with E-state index in [2.05, 4.69) is 0 Å². The van der Waals surface area contributed by atoms with Crippen molar-refractivity contribution < 1.29 is 19.4 Å². The Labute approximate surface area is 136 Å². The first-order valence-electron chi connectivity index (χ1n) is 7.90. The first-order chi connectivity index (χ1) is 11.0. The maximum Gasteiger partial charge on any atom is 0.410 e. The van der Waals surface area contributed by atoms with E-state index >= 15 is 0 Å². The Hall–Kier alpha value is -2.08. The molecule has 1 N–H and O–H groups in total. The average Bonchev–Trinajstić information content (AvgIpc) is 2.93. The smallest absolute Gasteiger partial charge is 0.410 e. The molecule has 1 aliphatic rings. The lowest BCUT2D eigenvalue weighted by Crippen LogP contribution is -2.46. The molecule has 1 heterocycles. The molecule has 0 radical (unpaired) electrons. The van der Waals surface area contributed by atoms with Gasteiger partial charge in [0.15, 0.2) is 0 Å². The Kier molecular flexibility index (Phi) is 5.98. The third kappa shape index (κ3) is 4.96. The summed E-state index contributed by atoms with van der Waals surface area (Å²) in [6.07, 6.45) is 0.428. The van der Waals surface area contributed by atoms with Crippen LogP contribution in [0.2, 0.25) is 0 Å². The average molecular weight is 320 g/mol. The quantitative estimate of drug-likeness (QED) is 0.870. The molecule has 0 spiro atoms. The zero-order valence-electron chi connectivity index (χ0n) is 13.6. The summed E-state index contributed by atoms with van der Waals surface area (Å²) in [6.45, 7) is 5.42. The molecule has 1 aromatic rings. The molecule has 1 fully saturated rings. The zero-order valence-corrected chi connectivity index (χ0v) is 13.6. The van der Waals surface area contributed by atoms with Crippen molar-refractivity contribution in [2.24, 2.45) is 0 Å². The largest absolute Gasteiger partial charge is 0.480 e. The van der Waals surface area contributed by atoms with Crippen LogP contribution in [0.1, 0.15) is 25.8 Å². The highest BCUT2D eigenvalue weighted by atomic mass is 16.6. The molecule has 0 saturated carbocycles. The fourth-order valence-corrected chi connectivity index (χ4v) is 2.95. The SMILES string of the molecule is CC(C)N(C(=O)OCc1ccccc1)[C@H]1CCN(CC(=O)O)C1. The van der Waals surface area contributed by atoms with Gasteiger partial charge in [-0.15, -0.1) is 0 Å². The minimum absolute atomic E-state index is 0.00220. The van der Waals surface area contributed by atoms with Crippen molar-refractivity contribution in [3.8, 4) is 0 Å². The van der Waals surface area contributed by atoms with Crippen LogP contribution < -0.4 is 0 Å². The van der Waals surface area contributed by atoms with Crippen molar-refractivity contribution in [2.45, 2.75) is 39.0 Å². The van der Waals surface area contributed by atoms with Crippen LogP contribution >= 0.6 is 0 Å². The Bertz CT molecular complexity index is 533. The lowest BCUT2D eigenvalue weighted by Gasteiger charge is -2.31. The second kappa shape index (κ2) is 7.97. The monoisotopic (exact) mass is 320 g/mol. The number of hydrogen-bond acceptors (Lipinski definition) is 4. The summed E-state index contributed by atoms with van der Waals surface area (Å²) in [7, 11) is 0. The number of rotatable bonds is 6. The molecule has 1 aromatic carbocycles. The van der Waals surface area contributed by atoms with Crippen LogP contribution in [-0.4, -0.2) is 58.7 Å². The summed E-state index contributed by atoms with van der Waals surface area (Å²) in [5.74, 6) is -0.839. The predicted octanol–water partition coefficient (Wildman–Crippen LogP) is 2.19. The number of likely N-dealkylation sites (tertiary alicyclic amines) is 1. The van der Waals surface area contributed by atoms with Gasteiger partial charge < -0.3 is 14.7 Å². The van der Waals surface area contributed by atoms with Gasteiger partial charge in [-0.05, 0) is 25.8 Å². The van der Waals surface area contributed by atoms with Crippen molar-refractivity contribution >= 4 is 12.1 Å². The summed E-state index contributed by atoms with van der Waals surface area (Å²) < 4.78 is 5.43. The van der Waals surface area contributed by atoms with Gasteiger partial charge in [-0.25, -0.2) is 4.79 Å². The van der Waals surface area contributed by atoms with E-state index in [1.807, 2.05) is 49.1 Å². The molecule has 126 valence electrons. The number of carbonyl (C=O) groups excluding carboxylic acids is 1. The second-order valence-corrected chi connectivity index (χ2v) is 6.11. The Morgan fingerprint density at radius 2 is 2.04 bits per heavy atom. The normalized spacial score (nSPS) is 18.1. The van der Waals surface area contributed by atoms with Gasteiger partial charge in [-0.1, -0.05) is 30.3 Å². The van der Waals surface area contributed by atoms with Crippen LogP contribution in [0.25, 0.3) is 0 Å². The highest BCUT2D eigenvalue weighted by Gasteiger charge is 2.33. The van der Waals surface area contributed by atoms with Crippen molar-refractivity contribution in [1.82, 2.24) is 9.80 Å². The molecule has 0 unspecified atom stereocenters. The van der Waals surface area contributed by atoms with Crippen LogP contribution in [0.3, 0.4) is 0 Å². The van der Waals surface area contributed by atoms with Gasteiger partial charge in [-0.3, -0.25) is 9.69 Å². The first kappa shape index (κ1) is 17.3. The van der Waals surface area contributed by atoms with E-state index in [1.54, 1.807) is 4.90 Å². The Balaban J connectivity index is 1.93. The molecule has 2 rings (SSSR count). The highest BCUT2D eigenvalue weighted by molar-refractivity contribution is 5.70. The van der Waals surface area contributed by atoms with Gasteiger partial charge >= 0.3 is 12.1 Å². The molecule has 0 bridgehead atoms. The van der Waals surface area contributed by atoms with Gasteiger partial charge in [0.05, 0.1) is 6.54 Å². The van der Waals surface area contributed by atoms with Crippen LogP contribution in [0, 0.1) is 0 Å². The number of ether oxygens (including phenoxy) is 1. The predicted molar refractivity (Wildman–Crippen MR) is 86.1 cm³/mol. The standard InChI is InChI=1S/C17H24N2O4/c1-13(2)19(15-8-9-18(10-15)11-16(20)21)17(22)23-12-14-6-4-3-5-7-14/h3-7,13,15H,8-12H2,1-2H3,(H,20,21)/t15-/m0/s1. The van der Waals surface area contributed by atoms with Crippen molar-refractivity contribution in [3.05, 3.63) is 35.9 Å². The second-order valence-electron chi connectivity index (χ2n) is 6.11. The lowest BCUT2D eigenvalue weighted by atomic mass is 10.2. The molecule has 1 atom stereocenters. The maximum atomic E-state index is 12.4. The van der Waals surface area contributed by atoms with Gasteiger partial charge in [0.25, 0.3) is 0 Å². The molecule has 6 nitrogen and oxygen atoms in total. The fourth-order valence-electron chi connectivity index (χ4n) is 2.95. The van der Waals surface area contributed by atoms with E-state index in [0.717, 1.165) is 12.0 Å². The third-order valence-electron chi connectivity index (χ3n) is 3.97. The highest BCUT2D eigenvalue weighted by Crippen LogP contribution is 2.19. The van der Waals surface area contributed by atoms with E-state index in [4.69, 9.17) is 9.84 Å². The maximum absolute atomic E-state index is 12.4. The minimum atomic E-state index is -0.839. The lowest BCUT2D eigenvalue weighted by molar-refractivity contribution is -0.138. The molecule has 0 aliphatic carbocycles. The number of aliphatic carboxylic acids is 1. The topological polar surface area (TPSA) is 70.1 Å². The minimum Gasteiger partial charge on any atom is -0.480 e. The molecule has 1 amide bonds. The van der Waals surface area contributed by atoms with Gasteiger partial charge in [0, 0.05) is 25.2 Å². The molecule has 0 aromatic heterocycles. The zero-order chi connectivity index (χ0) is 16.8. The van der Waals surface area contributed by atoms with E-state index in [1.165, 1.54) is 0 Å². The summed E-state index contributed by atoms with van der Waals surface area (Å²) in [4.78, 5) is 26.8. The third-order valence-corrected chi connectivity index (χ3v) is 3.97. The molecular formula is C17H24N2O4. The Morgan fingerprint density at radius 3 is 2.65 bits per heavy atom. The van der Waals surface area contributed by atoms with Crippen LogP contribution in [0.5, 0.6) is 0 Å². The fraction of sp³-hybridized carbons (Fsp3) is 0.529. The molecular weight excluding hydrogens is 296 g/mol. The van der Waals surface area contributed by atoms with Gasteiger partial charge in [0.1, 0.15) is 6.61 Å². The number of hydrogen-bond donors (Lipinski definition) is 1. The molecule has 1 aliphatic heterocycles. The van der Waals surface area contributed by atoms with Crippen molar-refractivity contribution in [2.75, 3.05) is 19.6 Å². The number of carboxylic acids is 1. The van der Waals surface area contributed by atoms with Crippen molar-refractivity contribution in [1.29, 1.82) is 0 Å². The van der Waals surface area contributed by atoms with Gasteiger partial charge in [0.2, 0.25) is 0 Å². The van der Waals surface area contributed by atoms with E-state index < -0.39 is 5.97 Å². The van der Waals surface area contributed by atoms with E-state index in [-0.39, 0.29) is 31.3 Å². The first-order valence-corrected chi connectivity index (χ1v) is 7.90. The molecule has 1 saturated heterocycles. The van der Waals surface area contributed by atoms with E-state index in [0.29, 0.717) is 13.1 Å². The van der Waals surface area contributed by atoms with Crippen LogP contribution in [0.15, 0.2) is 30.3 Å². The van der Waals surface area contributed by atoms with Crippen molar-refractivity contribution in [3.63, 3.8) is 0 Å². The summed E-state index contributed by atoms with van der Waals surface area (Å²) in [6, 6.07) is 9.56. The number of nitrogens with zero attached hydrogens (tertiary/aromatic N) is 2. The van der Waals surface area contributed by atoms with Crippen LogP contribution in [-0.2, 0) is 16.1 Å². The molecule has 23 heavy (non-hydrogen) atoms. The van der Waals surface area contributed by atoms with Gasteiger partial charge in [-0.2, -0.15) is 0 Å². The number of amides is 1. The van der Waals surface area contributed by atoms with Crippen LogP contribution in [0.4, 0.5) is 4.79 Å². The Morgan fingerprint density at radius 1 is 1.35 bits per heavy atom. The molecule has 6 heteroatoms. The number of carbonyl (C=O) groups is 2.